The number of nitrogens with one attached hydrogen (secondary N) is 1. The van der Waals surface area contributed by atoms with Gasteiger partial charge in [0.25, 0.3) is 0 Å². The average molecular weight is 444 g/mol. The van der Waals surface area contributed by atoms with Crippen LogP contribution in [-0.2, 0) is 16.2 Å². The number of alkyl halides is 3. The lowest BCUT2D eigenvalue weighted by Gasteiger charge is -2.08. The van der Waals surface area contributed by atoms with Crippen LogP contribution in [0.15, 0.2) is 51.8 Å². The van der Waals surface area contributed by atoms with E-state index < -0.39 is 21.8 Å². The molecule has 0 spiro atoms. The quantitative estimate of drug-likeness (QED) is 0.626. The van der Waals surface area contributed by atoms with Gasteiger partial charge >= 0.3 is 6.18 Å². The number of nitrogens with zero attached hydrogens (tertiary/aromatic N) is 2. The number of sulfonamides is 1. The van der Waals surface area contributed by atoms with Gasteiger partial charge in [-0.05, 0) is 49.2 Å². The molecule has 0 aliphatic heterocycles. The molecule has 1 fully saturated rings. The van der Waals surface area contributed by atoms with Crippen LogP contribution in [0.3, 0.4) is 0 Å². The maximum absolute atomic E-state index is 12.9. The van der Waals surface area contributed by atoms with Gasteiger partial charge in [0.1, 0.15) is 4.90 Å². The van der Waals surface area contributed by atoms with Gasteiger partial charge in [-0.3, -0.25) is 0 Å². The van der Waals surface area contributed by atoms with Crippen molar-refractivity contribution in [1.82, 2.24) is 14.9 Å². The van der Waals surface area contributed by atoms with Crippen LogP contribution in [0.2, 0.25) is 5.02 Å². The Morgan fingerprint density at radius 1 is 1.03 bits per heavy atom. The molecular formula is C18H13ClF3N3O3S. The molecule has 1 N–H and O–H groups in total. The van der Waals surface area contributed by atoms with E-state index >= 15 is 0 Å². The third-order valence-corrected chi connectivity index (χ3v) is 6.23. The van der Waals surface area contributed by atoms with Gasteiger partial charge in [-0.2, -0.15) is 13.2 Å². The first-order chi connectivity index (χ1) is 13.6. The van der Waals surface area contributed by atoms with Gasteiger partial charge < -0.3 is 4.42 Å². The third-order valence-electron chi connectivity index (χ3n) is 4.23. The first-order valence-electron chi connectivity index (χ1n) is 8.47. The molecule has 0 amide bonds. The Hall–Kier alpha value is -2.43. The Labute approximate surface area is 168 Å². The van der Waals surface area contributed by atoms with E-state index in [1.807, 2.05) is 0 Å². The lowest BCUT2D eigenvalue weighted by Crippen LogP contribution is -2.26. The highest BCUT2D eigenvalue weighted by Gasteiger charge is 2.31. The zero-order chi connectivity index (χ0) is 20.8. The fraction of sp³-hybridized carbons (Fsp3) is 0.222. The van der Waals surface area contributed by atoms with Crippen LogP contribution >= 0.6 is 11.6 Å². The predicted molar refractivity (Wildman–Crippen MR) is 98.5 cm³/mol. The summed E-state index contributed by atoms with van der Waals surface area (Å²) >= 11 is 6.04. The molecule has 1 saturated carbocycles. The van der Waals surface area contributed by atoms with Gasteiger partial charge in [0, 0.05) is 17.2 Å². The summed E-state index contributed by atoms with van der Waals surface area (Å²) in [7, 11) is -3.82. The lowest BCUT2D eigenvalue weighted by atomic mass is 10.1. The lowest BCUT2D eigenvalue weighted by molar-refractivity contribution is -0.137. The Morgan fingerprint density at radius 3 is 2.31 bits per heavy atom. The minimum atomic E-state index is -4.51. The van der Waals surface area contributed by atoms with E-state index in [2.05, 4.69) is 14.9 Å². The highest BCUT2D eigenvalue weighted by Crippen LogP contribution is 2.34. The van der Waals surface area contributed by atoms with Crippen LogP contribution in [-0.4, -0.2) is 24.7 Å². The SMILES string of the molecule is O=S(=O)(NC1CC1)c1cc(-c2nnc(-c3cccc(C(F)(F)F)c3)o2)ccc1Cl. The van der Waals surface area contributed by atoms with E-state index in [0.717, 1.165) is 25.0 Å². The molecule has 0 unspecified atom stereocenters. The topological polar surface area (TPSA) is 85.1 Å². The summed E-state index contributed by atoms with van der Waals surface area (Å²) in [5.74, 6) is -0.168. The molecule has 29 heavy (non-hydrogen) atoms. The van der Waals surface area contributed by atoms with Crippen molar-refractivity contribution in [1.29, 1.82) is 0 Å². The van der Waals surface area contributed by atoms with E-state index in [4.69, 9.17) is 16.0 Å². The van der Waals surface area contributed by atoms with Crippen molar-refractivity contribution in [2.45, 2.75) is 30.0 Å². The highest BCUT2D eigenvalue weighted by molar-refractivity contribution is 7.89. The minimum Gasteiger partial charge on any atom is -0.416 e. The van der Waals surface area contributed by atoms with Crippen molar-refractivity contribution < 1.29 is 26.0 Å². The molecular weight excluding hydrogens is 431 g/mol. The van der Waals surface area contributed by atoms with Gasteiger partial charge in [-0.25, -0.2) is 13.1 Å². The first-order valence-corrected chi connectivity index (χ1v) is 10.3. The van der Waals surface area contributed by atoms with Gasteiger partial charge in [0.2, 0.25) is 21.8 Å². The molecule has 1 aliphatic carbocycles. The number of benzene rings is 2. The van der Waals surface area contributed by atoms with E-state index in [1.165, 1.54) is 30.3 Å². The summed E-state index contributed by atoms with van der Waals surface area (Å²) in [6, 6.07) is 8.53. The smallest absolute Gasteiger partial charge is 0.416 e. The zero-order valence-electron chi connectivity index (χ0n) is 14.6. The zero-order valence-corrected chi connectivity index (χ0v) is 16.1. The summed E-state index contributed by atoms with van der Waals surface area (Å²) in [6.07, 6.45) is -2.98. The number of aromatic nitrogens is 2. The minimum absolute atomic E-state index is 0.0273. The second-order valence-corrected chi connectivity index (χ2v) is 8.62. The van der Waals surface area contributed by atoms with Gasteiger partial charge in [0.05, 0.1) is 10.6 Å². The molecule has 0 bridgehead atoms. The fourth-order valence-electron chi connectivity index (χ4n) is 2.61. The van der Waals surface area contributed by atoms with Gasteiger partial charge in [-0.15, -0.1) is 10.2 Å². The van der Waals surface area contributed by atoms with Crippen LogP contribution in [0, 0.1) is 0 Å². The molecule has 0 radical (unpaired) electrons. The molecule has 6 nitrogen and oxygen atoms in total. The van der Waals surface area contributed by atoms with Crippen LogP contribution in [0.4, 0.5) is 13.2 Å². The van der Waals surface area contributed by atoms with Crippen molar-refractivity contribution in [3.8, 4) is 22.9 Å². The third kappa shape index (κ3) is 4.29. The number of halogens is 4. The Morgan fingerprint density at radius 2 is 1.69 bits per heavy atom. The largest absolute Gasteiger partial charge is 0.416 e. The summed E-state index contributed by atoms with van der Waals surface area (Å²) in [4.78, 5) is -0.137. The summed E-state index contributed by atoms with van der Waals surface area (Å²) < 4.78 is 71.7. The van der Waals surface area contributed by atoms with E-state index in [-0.39, 0.29) is 38.9 Å². The molecule has 1 aliphatic rings. The normalized spacial score (nSPS) is 14.9. The van der Waals surface area contributed by atoms with Gasteiger partial charge in [-0.1, -0.05) is 17.7 Å². The second-order valence-electron chi connectivity index (χ2n) is 6.53. The highest BCUT2D eigenvalue weighted by atomic mass is 35.5. The summed E-state index contributed by atoms with van der Waals surface area (Å²) in [5.41, 5.74) is -0.479. The van der Waals surface area contributed by atoms with Crippen LogP contribution in [0.1, 0.15) is 18.4 Å². The fourth-order valence-corrected chi connectivity index (χ4v) is 4.44. The summed E-state index contributed by atoms with van der Waals surface area (Å²) in [5, 5.41) is 7.63. The second kappa shape index (κ2) is 7.12. The molecule has 11 heteroatoms. The maximum atomic E-state index is 12.9. The maximum Gasteiger partial charge on any atom is 0.416 e. The van der Waals surface area contributed by atoms with E-state index in [1.54, 1.807) is 0 Å². The molecule has 1 heterocycles. The van der Waals surface area contributed by atoms with E-state index in [9.17, 15) is 21.6 Å². The van der Waals surface area contributed by atoms with Crippen molar-refractivity contribution >= 4 is 21.6 Å². The predicted octanol–water partition coefficient (Wildman–Crippen LogP) is 4.52. The molecule has 2 aromatic carbocycles. The standard InChI is InChI=1S/C18H13ClF3N3O3S/c19-14-7-4-11(9-15(14)29(26,27)25-13-5-6-13)17-24-23-16(28-17)10-2-1-3-12(8-10)18(20,21)22/h1-4,7-9,13,25H,5-6H2. The van der Waals surface area contributed by atoms with Crippen molar-refractivity contribution in [2.75, 3.05) is 0 Å². The molecule has 0 saturated heterocycles. The average Bonchev–Trinajstić information content (AvgIpc) is 3.31. The van der Waals surface area contributed by atoms with Crippen molar-refractivity contribution in [3.05, 3.63) is 53.1 Å². The Bertz CT molecular complexity index is 1170. The van der Waals surface area contributed by atoms with Crippen LogP contribution in [0.5, 0.6) is 0 Å². The molecule has 4 rings (SSSR count). The first kappa shape index (κ1) is 19.9. The van der Waals surface area contributed by atoms with Crippen molar-refractivity contribution in [2.24, 2.45) is 0 Å². The molecule has 0 atom stereocenters. The van der Waals surface area contributed by atoms with E-state index in [0.29, 0.717) is 0 Å². The number of hydrogen-bond acceptors (Lipinski definition) is 5. The number of rotatable bonds is 5. The summed E-state index contributed by atoms with van der Waals surface area (Å²) in [6.45, 7) is 0. The molecule has 1 aromatic heterocycles. The van der Waals surface area contributed by atoms with Crippen LogP contribution in [0.25, 0.3) is 22.9 Å². The molecule has 3 aromatic rings. The monoisotopic (exact) mass is 443 g/mol. The molecule has 152 valence electrons. The van der Waals surface area contributed by atoms with Gasteiger partial charge in [0.15, 0.2) is 0 Å². The Kier molecular flexibility index (Phi) is 4.88. The van der Waals surface area contributed by atoms with Crippen molar-refractivity contribution in [3.63, 3.8) is 0 Å². The Balaban J connectivity index is 1.68. The van der Waals surface area contributed by atoms with Crippen LogP contribution < -0.4 is 4.72 Å². The number of hydrogen-bond donors (Lipinski definition) is 1.